The number of hydrogen-bond acceptors (Lipinski definition) is 3. The predicted octanol–water partition coefficient (Wildman–Crippen LogP) is 3.45. The van der Waals surface area contributed by atoms with Crippen LogP contribution in [0, 0.1) is 0 Å². The average Bonchev–Trinajstić information content (AvgIpc) is 2.73. The van der Waals surface area contributed by atoms with Crippen molar-refractivity contribution in [2.45, 2.75) is 37.1 Å². The Morgan fingerprint density at radius 2 is 1.76 bits per heavy atom. The molecule has 29 heavy (non-hydrogen) atoms. The maximum absolute atomic E-state index is 12.2. The van der Waals surface area contributed by atoms with Crippen molar-refractivity contribution in [3.8, 4) is 0 Å². The summed E-state index contributed by atoms with van der Waals surface area (Å²) in [5, 5.41) is 6.41. The van der Waals surface area contributed by atoms with Crippen LogP contribution in [0.3, 0.4) is 0 Å². The highest BCUT2D eigenvalue weighted by atomic mass is 35.5. The van der Waals surface area contributed by atoms with Gasteiger partial charge in [0.1, 0.15) is 0 Å². The molecule has 0 aromatic heterocycles. The van der Waals surface area contributed by atoms with Crippen molar-refractivity contribution in [2.24, 2.45) is 5.73 Å². The maximum Gasteiger partial charge on any atom is 0.251 e. The number of nitrogens with one attached hydrogen (secondary N) is 2. The Bertz CT molecular complexity index is 822. The van der Waals surface area contributed by atoms with E-state index in [-0.39, 0.29) is 42.2 Å². The van der Waals surface area contributed by atoms with Crippen molar-refractivity contribution in [1.29, 1.82) is 0 Å². The Hall–Kier alpha value is -2.08. The molecule has 0 aliphatic heterocycles. The van der Waals surface area contributed by atoms with Gasteiger partial charge in [0.05, 0.1) is 6.54 Å². The van der Waals surface area contributed by atoms with Crippen molar-refractivity contribution in [3.05, 3.63) is 70.7 Å². The van der Waals surface area contributed by atoms with Crippen molar-refractivity contribution in [2.75, 3.05) is 13.1 Å². The monoisotopic (exact) mass is 435 g/mol. The number of benzene rings is 2. The summed E-state index contributed by atoms with van der Waals surface area (Å²) in [5.41, 5.74) is 7.75. The molecule has 2 aromatic carbocycles. The molecule has 2 aromatic rings. The molecular weight excluding hydrogens is 409 g/mol. The molecule has 1 fully saturated rings. The Morgan fingerprint density at radius 3 is 2.38 bits per heavy atom. The van der Waals surface area contributed by atoms with Crippen LogP contribution in [-0.2, 0) is 10.2 Å². The molecule has 0 heterocycles. The van der Waals surface area contributed by atoms with E-state index in [4.69, 9.17) is 17.3 Å². The maximum atomic E-state index is 12.2. The van der Waals surface area contributed by atoms with Gasteiger partial charge >= 0.3 is 0 Å². The van der Waals surface area contributed by atoms with Crippen LogP contribution in [0.15, 0.2) is 54.6 Å². The van der Waals surface area contributed by atoms with Gasteiger partial charge in [0.15, 0.2) is 0 Å². The lowest BCUT2D eigenvalue weighted by Crippen LogP contribution is -2.47. The van der Waals surface area contributed by atoms with Crippen LogP contribution in [0.4, 0.5) is 0 Å². The topological polar surface area (TPSA) is 84.2 Å². The molecule has 2 amide bonds. The standard InChI is InChI=1S/C22H26ClN3O2.ClH/c23-18-8-4-7-17(13-18)22(15-24)11-9-19(10-12-22)26-20(27)14-25-21(28)16-5-2-1-3-6-16;/h1-8,13,19H,9-12,14-15,24H2,(H,25,28)(H,26,27);1H. The van der Waals surface area contributed by atoms with E-state index in [2.05, 4.69) is 16.7 Å². The van der Waals surface area contributed by atoms with E-state index in [1.807, 2.05) is 24.3 Å². The molecule has 1 aliphatic rings. The summed E-state index contributed by atoms with van der Waals surface area (Å²) in [7, 11) is 0. The minimum Gasteiger partial charge on any atom is -0.352 e. The lowest BCUT2D eigenvalue weighted by Gasteiger charge is -2.40. The van der Waals surface area contributed by atoms with E-state index < -0.39 is 0 Å². The van der Waals surface area contributed by atoms with Gasteiger partial charge in [-0.25, -0.2) is 0 Å². The number of carbonyl (C=O) groups excluding carboxylic acids is 2. The van der Waals surface area contributed by atoms with Crippen molar-refractivity contribution >= 4 is 35.8 Å². The quantitative estimate of drug-likeness (QED) is 0.649. The summed E-state index contributed by atoms with van der Waals surface area (Å²) in [6.45, 7) is 0.529. The predicted molar refractivity (Wildman–Crippen MR) is 119 cm³/mol. The zero-order valence-corrected chi connectivity index (χ0v) is 17.8. The molecular formula is C22H27Cl2N3O2. The molecule has 0 bridgehead atoms. The minimum atomic E-state index is -0.248. The van der Waals surface area contributed by atoms with E-state index in [1.54, 1.807) is 24.3 Å². The average molecular weight is 436 g/mol. The van der Waals surface area contributed by atoms with Gasteiger partial charge in [-0.3, -0.25) is 9.59 Å². The highest BCUT2D eigenvalue weighted by Crippen LogP contribution is 2.39. The fraction of sp³-hybridized carbons (Fsp3) is 0.364. The first-order chi connectivity index (χ1) is 13.5. The van der Waals surface area contributed by atoms with Gasteiger partial charge in [0, 0.05) is 28.6 Å². The molecule has 0 atom stereocenters. The lowest BCUT2D eigenvalue weighted by molar-refractivity contribution is -0.121. The zero-order valence-electron chi connectivity index (χ0n) is 16.2. The molecule has 156 valence electrons. The molecule has 0 radical (unpaired) electrons. The Balaban J connectivity index is 0.00000300. The van der Waals surface area contributed by atoms with Crippen LogP contribution in [0.1, 0.15) is 41.6 Å². The minimum absolute atomic E-state index is 0. The summed E-state index contributed by atoms with van der Waals surface area (Å²) in [6, 6.07) is 16.9. The summed E-state index contributed by atoms with van der Waals surface area (Å²) >= 11 is 6.15. The molecule has 7 heteroatoms. The highest BCUT2D eigenvalue weighted by Gasteiger charge is 2.36. The van der Waals surface area contributed by atoms with E-state index in [0.29, 0.717) is 12.1 Å². The van der Waals surface area contributed by atoms with Gasteiger partial charge < -0.3 is 16.4 Å². The second-order valence-corrected chi connectivity index (χ2v) is 7.82. The Labute approximate surface area is 182 Å². The number of carbonyl (C=O) groups is 2. The number of halogens is 2. The molecule has 1 saturated carbocycles. The first kappa shape index (κ1) is 23.2. The third-order valence-corrected chi connectivity index (χ3v) is 5.82. The summed E-state index contributed by atoms with van der Waals surface area (Å²) in [5.74, 6) is -0.417. The van der Waals surface area contributed by atoms with Gasteiger partial charge in [-0.1, -0.05) is 41.9 Å². The van der Waals surface area contributed by atoms with Gasteiger partial charge in [0.2, 0.25) is 5.91 Å². The zero-order chi connectivity index (χ0) is 20.0. The number of nitrogens with two attached hydrogens (primary N) is 1. The summed E-state index contributed by atoms with van der Waals surface area (Å²) < 4.78 is 0. The van der Waals surface area contributed by atoms with Crippen molar-refractivity contribution in [1.82, 2.24) is 10.6 Å². The van der Waals surface area contributed by atoms with Crippen LogP contribution in [-0.4, -0.2) is 30.9 Å². The van der Waals surface area contributed by atoms with Crippen LogP contribution in [0.5, 0.6) is 0 Å². The van der Waals surface area contributed by atoms with Crippen LogP contribution < -0.4 is 16.4 Å². The molecule has 1 aliphatic carbocycles. The van der Waals surface area contributed by atoms with Gasteiger partial charge in [-0.05, 0) is 55.5 Å². The molecule has 0 spiro atoms. The third kappa shape index (κ3) is 5.95. The van der Waals surface area contributed by atoms with Gasteiger partial charge in [-0.2, -0.15) is 0 Å². The normalized spacial score (nSPS) is 21.0. The van der Waals surface area contributed by atoms with Crippen molar-refractivity contribution in [3.63, 3.8) is 0 Å². The molecule has 0 saturated heterocycles. The Kier molecular flexibility index (Phi) is 8.50. The molecule has 4 N–H and O–H groups in total. The van der Waals surface area contributed by atoms with E-state index in [0.717, 1.165) is 30.7 Å². The second-order valence-electron chi connectivity index (χ2n) is 7.39. The SMILES string of the molecule is Cl.NCC1(c2cccc(Cl)c2)CCC(NC(=O)CNC(=O)c2ccccc2)CC1. The number of hydrogen-bond donors (Lipinski definition) is 3. The fourth-order valence-corrected chi connectivity index (χ4v) is 4.06. The van der Waals surface area contributed by atoms with E-state index >= 15 is 0 Å². The molecule has 3 rings (SSSR count). The summed E-state index contributed by atoms with van der Waals surface area (Å²) in [4.78, 5) is 24.3. The van der Waals surface area contributed by atoms with Crippen LogP contribution in [0.25, 0.3) is 0 Å². The van der Waals surface area contributed by atoms with Gasteiger partial charge in [-0.15, -0.1) is 12.4 Å². The second kappa shape index (κ2) is 10.6. The largest absolute Gasteiger partial charge is 0.352 e. The number of rotatable bonds is 6. The molecule has 0 unspecified atom stereocenters. The van der Waals surface area contributed by atoms with E-state index in [1.165, 1.54) is 5.56 Å². The number of amides is 2. The van der Waals surface area contributed by atoms with Crippen LogP contribution >= 0.6 is 24.0 Å². The van der Waals surface area contributed by atoms with E-state index in [9.17, 15) is 9.59 Å². The van der Waals surface area contributed by atoms with Gasteiger partial charge in [0.25, 0.3) is 5.91 Å². The first-order valence-electron chi connectivity index (χ1n) is 9.61. The lowest BCUT2D eigenvalue weighted by atomic mass is 9.68. The third-order valence-electron chi connectivity index (χ3n) is 5.58. The van der Waals surface area contributed by atoms with Crippen molar-refractivity contribution < 1.29 is 9.59 Å². The first-order valence-corrected chi connectivity index (χ1v) is 9.99. The fourth-order valence-electron chi connectivity index (χ4n) is 3.87. The Morgan fingerprint density at radius 1 is 1.07 bits per heavy atom. The summed E-state index contributed by atoms with van der Waals surface area (Å²) in [6.07, 6.45) is 3.49. The smallest absolute Gasteiger partial charge is 0.251 e. The highest BCUT2D eigenvalue weighted by molar-refractivity contribution is 6.30. The van der Waals surface area contributed by atoms with Crippen LogP contribution in [0.2, 0.25) is 5.02 Å². The molecule has 5 nitrogen and oxygen atoms in total.